The minimum atomic E-state index is -0.573. The van der Waals surface area contributed by atoms with E-state index in [1.165, 1.54) is 0 Å². The lowest BCUT2D eigenvalue weighted by molar-refractivity contribution is 0.288. The maximum Gasteiger partial charge on any atom is 0.165 e. The van der Waals surface area contributed by atoms with E-state index in [9.17, 15) is 8.78 Å². The molecule has 21 heavy (non-hydrogen) atoms. The highest BCUT2D eigenvalue weighted by Gasteiger charge is 2.07. The molecule has 112 valence electrons. The Kier molecular flexibility index (Phi) is 5.70. The standard InChI is InChI=1S/C16H16BrF2NO/c1-2-20-9-11-3-4-12(14(17)7-11)10-21-16-8-13(18)5-6-15(16)19/h3-8,20H,2,9-10H2,1H3. The van der Waals surface area contributed by atoms with Crippen LogP contribution in [0.25, 0.3) is 0 Å². The lowest BCUT2D eigenvalue weighted by Gasteiger charge is -2.10. The van der Waals surface area contributed by atoms with Crippen LogP contribution in [-0.2, 0) is 13.2 Å². The SMILES string of the molecule is CCNCc1ccc(COc2cc(F)ccc2F)c(Br)c1. The number of benzene rings is 2. The van der Waals surface area contributed by atoms with Gasteiger partial charge in [-0.1, -0.05) is 35.0 Å². The molecule has 5 heteroatoms. The number of halogens is 3. The summed E-state index contributed by atoms with van der Waals surface area (Å²) in [6.45, 7) is 3.91. The maximum absolute atomic E-state index is 13.5. The quantitative estimate of drug-likeness (QED) is 0.828. The zero-order valence-electron chi connectivity index (χ0n) is 11.6. The van der Waals surface area contributed by atoms with Gasteiger partial charge in [0.05, 0.1) is 0 Å². The average molecular weight is 356 g/mol. The second-order valence-electron chi connectivity index (χ2n) is 4.57. The smallest absolute Gasteiger partial charge is 0.165 e. The van der Waals surface area contributed by atoms with E-state index in [0.29, 0.717) is 0 Å². The Labute approximate surface area is 131 Å². The lowest BCUT2D eigenvalue weighted by atomic mass is 10.1. The van der Waals surface area contributed by atoms with Gasteiger partial charge in [0, 0.05) is 22.6 Å². The predicted molar refractivity (Wildman–Crippen MR) is 82.2 cm³/mol. The number of rotatable bonds is 6. The molecule has 0 aliphatic rings. The molecule has 0 aliphatic heterocycles. The molecule has 2 nitrogen and oxygen atoms in total. The van der Waals surface area contributed by atoms with Gasteiger partial charge in [0.25, 0.3) is 0 Å². The first-order valence-electron chi connectivity index (χ1n) is 6.66. The predicted octanol–water partition coefficient (Wildman–Crippen LogP) is 4.42. The third-order valence-electron chi connectivity index (χ3n) is 2.97. The van der Waals surface area contributed by atoms with Crippen molar-refractivity contribution >= 4 is 15.9 Å². The fourth-order valence-corrected chi connectivity index (χ4v) is 2.37. The third kappa shape index (κ3) is 4.51. The Morgan fingerprint density at radius 1 is 1.14 bits per heavy atom. The van der Waals surface area contributed by atoms with Gasteiger partial charge in [-0.25, -0.2) is 8.78 Å². The molecule has 0 heterocycles. The fourth-order valence-electron chi connectivity index (χ4n) is 1.83. The Morgan fingerprint density at radius 2 is 1.95 bits per heavy atom. The van der Waals surface area contributed by atoms with Crippen LogP contribution in [-0.4, -0.2) is 6.54 Å². The Hall–Kier alpha value is -1.46. The van der Waals surface area contributed by atoms with E-state index in [1.54, 1.807) is 0 Å². The molecule has 0 atom stereocenters. The van der Waals surface area contributed by atoms with Gasteiger partial charge >= 0.3 is 0 Å². The normalized spacial score (nSPS) is 10.7. The molecule has 2 aromatic rings. The highest BCUT2D eigenvalue weighted by Crippen LogP contribution is 2.23. The maximum atomic E-state index is 13.5. The molecular weight excluding hydrogens is 340 g/mol. The van der Waals surface area contributed by atoms with Gasteiger partial charge in [-0.15, -0.1) is 0 Å². The summed E-state index contributed by atoms with van der Waals surface area (Å²) in [5.74, 6) is -1.18. The van der Waals surface area contributed by atoms with Crippen LogP contribution in [0.4, 0.5) is 8.78 Å². The van der Waals surface area contributed by atoms with Crippen molar-refractivity contribution in [3.05, 3.63) is 63.6 Å². The molecule has 0 aliphatic carbocycles. The van der Waals surface area contributed by atoms with E-state index in [2.05, 4.69) is 21.2 Å². The summed E-state index contributed by atoms with van der Waals surface area (Å²) < 4.78 is 32.8. The number of hydrogen-bond acceptors (Lipinski definition) is 2. The molecule has 0 radical (unpaired) electrons. The van der Waals surface area contributed by atoms with Crippen LogP contribution < -0.4 is 10.1 Å². The van der Waals surface area contributed by atoms with Crippen molar-refractivity contribution < 1.29 is 13.5 Å². The van der Waals surface area contributed by atoms with Crippen LogP contribution >= 0.6 is 15.9 Å². The second-order valence-corrected chi connectivity index (χ2v) is 5.42. The highest BCUT2D eigenvalue weighted by molar-refractivity contribution is 9.10. The minimum absolute atomic E-state index is 0.0846. The Morgan fingerprint density at radius 3 is 2.67 bits per heavy atom. The first kappa shape index (κ1) is 15.9. The van der Waals surface area contributed by atoms with Gasteiger partial charge < -0.3 is 10.1 Å². The second kappa shape index (κ2) is 7.52. The van der Waals surface area contributed by atoms with Gasteiger partial charge in [-0.3, -0.25) is 0 Å². The van der Waals surface area contributed by atoms with Crippen molar-refractivity contribution in [2.75, 3.05) is 6.54 Å². The minimum Gasteiger partial charge on any atom is -0.486 e. The first-order valence-corrected chi connectivity index (χ1v) is 7.45. The van der Waals surface area contributed by atoms with Gasteiger partial charge in [0.2, 0.25) is 0 Å². The van der Waals surface area contributed by atoms with Crippen LogP contribution in [0.15, 0.2) is 40.9 Å². The van der Waals surface area contributed by atoms with Crippen LogP contribution in [0.1, 0.15) is 18.1 Å². The van der Waals surface area contributed by atoms with Gasteiger partial charge in [-0.05, 0) is 30.3 Å². The van der Waals surface area contributed by atoms with Crippen molar-refractivity contribution in [2.45, 2.75) is 20.1 Å². The number of nitrogens with one attached hydrogen (secondary N) is 1. The summed E-state index contributed by atoms with van der Waals surface area (Å²) >= 11 is 3.47. The third-order valence-corrected chi connectivity index (χ3v) is 3.71. The average Bonchev–Trinajstić information content (AvgIpc) is 2.47. The molecule has 0 spiro atoms. The van der Waals surface area contributed by atoms with Gasteiger partial charge in [0.15, 0.2) is 11.6 Å². The molecule has 0 fully saturated rings. The Balaban J connectivity index is 2.04. The van der Waals surface area contributed by atoms with Crippen molar-refractivity contribution in [3.63, 3.8) is 0 Å². The zero-order valence-corrected chi connectivity index (χ0v) is 13.2. The van der Waals surface area contributed by atoms with Crippen LogP contribution in [0.5, 0.6) is 5.75 Å². The topological polar surface area (TPSA) is 21.3 Å². The number of ether oxygens (including phenoxy) is 1. The van der Waals surface area contributed by atoms with E-state index in [0.717, 1.165) is 46.9 Å². The van der Waals surface area contributed by atoms with Crippen molar-refractivity contribution in [2.24, 2.45) is 0 Å². The van der Waals surface area contributed by atoms with E-state index in [4.69, 9.17) is 4.74 Å². The number of hydrogen-bond donors (Lipinski definition) is 1. The summed E-state index contributed by atoms with van der Waals surface area (Å²) in [5.41, 5.74) is 2.02. The van der Waals surface area contributed by atoms with Gasteiger partial charge in [-0.2, -0.15) is 0 Å². The monoisotopic (exact) mass is 355 g/mol. The van der Waals surface area contributed by atoms with Crippen molar-refractivity contribution in [1.29, 1.82) is 0 Å². The lowest BCUT2D eigenvalue weighted by Crippen LogP contribution is -2.11. The first-order chi connectivity index (χ1) is 10.1. The van der Waals surface area contributed by atoms with E-state index < -0.39 is 11.6 Å². The summed E-state index contributed by atoms with van der Waals surface area (Å²) in [4.78, 5) is 0. The van der Waals surface area contributed by atoms with E-state index in [-0.39, 0.29) is 12.4 Å². The van der Waals surface area contributed by atoms with Crippen molar-refractivity contribution in [3.8, 4) is 5.75 Å². The molecule has 0 amide bonds. The molecule has 0 unspecified atom stereocenters. The molecule has 0 bridgehead atoms. The highest BCUT2D eigenvalue weighted by atomic mass is 79.9. The van der Waals surface area contributed by atoms with Crippen molar-refractivity contribution in [1.82, 2.24) is 5.32 Å². The summed E-state index contributed by atoms with van der Waals surface area (Å²) in [5, 5.41) is 3.24. The fraction of sp³-hybridized carbons (Fsp3) is 0.250. The summed E-state index contributed by atoms with van der Waals surface area (Å²) in [6.07, 6.45) is 0. The molecule has 2 rings (SSSR count). The zero-order chi connectivity index (χ0) is 15.2. The molecule has 2 aromatic carbocycles. The van der Waals surface area contributed by atoms with Crippen LogP contribution in [0, 0.1) is 11.6 Å². The Bertz CT molecular complexity index is 619. The molecule has 0 saturated carbocycles. The van der Waals surface area contributed by atoms with Crippen LogP contribution in [0.2, 0.25) is 0 Å². The van der Waals surface area contributed by atoms with E-state index in [1.807, 2.05) is 25.1 Å². The van der Waals surface area contributed by atoms with Gasteiger partial charge in [0.1, 0.15) is 12.4 Å². The molecule has 0 saturated heterocycles. The molecular formula is C16H16BrF2NO. The molecule has 0 aromatic heterocycles. The molecule has 1 N–H and O–H groups in total. The summed E-state index contributed by atoms with van der Waals surface area (Å²) in [7, 11) is 0. The largest absolute Gasteiger partial charge is 0.486 e. The van der Waals surface area contributed by atoms with E-state index >= 15 is 0 Å². The van der Waals surface area contributed by atoms with Crippen LogP contribution in [0.3, 0.4) is 0 Å². The summed E-state index contributed by atoms with van der Waals surface area (Å²) in [6, 6.07) is 9.04.